The lowest BCUT2D eigenvalue weighted by Gasteiger charge is -2.23. The molecule has 2 unspecified atom stereocenters. The summed E-state index contributed by atoms with van der Waals surface area (Å²) in [7, 11) is 0. The summed E-state index contributed by atoms with van der Waals surface area (Å²) in [5, 5.41) is 21.2. The van der Waals surface area contributed by atoms with Gasteiger partial charge in [0, 0.05) is 17.5 Å². The Kier molecular flexibility index (Phi) is 4.56. The maximum Gasteiger partial charge on any atom is 0.416 e. The lowest BCUT2D eigenvalue weighted by molar-refractivity contribution is -0.314. The van der Waals surface area contributed by atoms with Crippen LogP contribution in [0.15, 0.2) is 47.3 Å². The van der Waals surface area contributed by atoms with E-state index in [1.165, 1.54) is 30.7 Å². The Morgan fingerprint density at radius 3 is 2.32 bits per heavy atom. The molecule has 4 nitrogen and oxygen atoms in total. The zero-order valence-electron chi connectivity index (χ0n) is 11.2. The first-order valence-electron chi connectivity index (χ1n) is 6.36. The Hall–Kier alpha value is -2.28. The molecule has 0 saturated carbocycles. The van der Waals surface area contributed by atoms with Crippen LogP contribution >= 0.6 is 0 Å². The van der Waals surface area contributed by atoms with Crippen LogP contribution in [0.3, 0.4) is 0 Å². The number of carboxylic acid groups (broad SMARTS) is 1. The quantitative estimate of drug-likeness (QED) is 0.915. The van der Waals surface area contributed by atoms with Crippen LogP contribution in [0, 0.1) is 5.92 Å². The number of halogens is 3. The Labute approximate surface area is 123 Å². The van der Waals surface area contributed by atoms with E-state index in [1.54, 1.807) is 0 Å². The molecular weight excluding hydrogens is 301 g/mol. The molecule has 0 fully saturated rings. The molecule has 1 aromatic heterocycles. The molecule has 0 aliphatic heterocycles. The average molecular weight is 313 g/mol. The summed E-state index contributed by atoms with van der Waals surface area (Å²) in [5.74, 6) is -2.79. The van der Waals surface area contributed by atoms with Gasteiger partial charge in [-0.3, -0.25) is 0 Å². The largest absolute Gasteiger partial charge is 0.550 e. The second kappa shape index (κ2) is 6.23. The molecule has 1 heterocycles. The van der Waals surface area contributed by atoms with E-state index in [4.69, 9.17) is 4.42 Å². The van der Waals surface area contributed by atoms with Gasteiger partial charge in [0.2, 0.25) is 0 Å². The highest BCUT2D eigenvalue weighted by Gasteiger charge is 2.30. The number of hydrogen-bond donors (Lipinski definition) is 1. The number of carbonyl (C=O) groups is 1. The summed E-state index contributed by atoms with van der Waals surface area (Å²) < 4.78 is 42.2. The van der Waals surface area contributed by atoms with Crippen LogP contribution in [0.25, 0.3) is 0 Å². The van der Waals surface area contributed by atoms with Crippen molar-refractivity contribution in [1.82, 2.24) is 0 Å². The van der Waals surface area contributed by atoms with Crippen LogP contribution in [-0.4, -0.2) is 11.1 Å². The molecule has 0 saturated heterocycles. The smallest absolute Gasteiger partial charge is 0.416 e. The molecule has 7 heteroatoms. The highest BCUT2D eigenvalue weighted by atomic mass is 19.4. The van der Waals surface area contributed by atoms with Crippen LogP contribution in [0.1, 0.15) is 22.8 Å². The SMILES string of the molecule is O=C([O-])C(Cc1ccc(C(F)(F)F)cc1)C(O)c1ccoc1. The number of rotatable bonds is 5. The molecule has 2 aromatic rings. The Balaban J connectivity index is 2.16. The van der Waals surface area contributed by atoms with Crippen molar-refractivity contribution in [2.45, 2.75) is 18.7 Å². The summed E-state index contributed by atoms with van der Waals surface area (Å²) >= 11 is 0. The Morgan fingerprint density at radius 1 is 1.23 bits per heavy atom. The van der Waals surface area contributed by atoms with Gasteiger partial charge in [0.25, 0.3) is 0 Å². The Bertz CT molecular complexity index is 617. The van der Waals surface area contributed by atoms with Crippen molar-refractivity contribution in [3.05, 3.63) is 59.5 Å². The average Bonchev–Trinajstić information content (AvgIpc) is 2.97. The van der Waals surface area contributed by atoms with E-state index in [2.05, 4.69) is 0 Å². The molecule has 0 amide bonds. The first kappa shape index (κ1) is 16.1. The van der Waals surface area contributed by atoms with Gasteiger partial charge in [-0.25, -0.2) is 0 Å². The van der Waals surface area contributed by atoms with Gasteiger partial charge >= 0.3 is 6.18 Å². The number of benzene rings is 1. The maximum atomic E-state index is 12.5. The van der Waals surface area contributed by atoms with E-state index in [-0.39, 0.29) is 12.0 Å². The molecule has 1 N–H and O–H groups in total. The van der Waals surface area contributed by atoms with Crippen molar-refractivity contribution < 1.29 is 32.6 Å². The van der Waals surface area contributed by atoms with E-state index in [1.807, 2.05) is 0 Å². The van der Waals surface area contributed by atoms with Gasteiger partial charge in [0.1, 0.15) is 0 Å². The molecule has 0 aliphatic rings. The number of hydrogen-bond acceptors (Lipinski definition) is 4. The third-order valence-corrected chi connectivity index (χ3v) is 3.31. The first-order valence-corrected chi connectivity index (χ1v) is 6.36. The predicted octanol–water partition coefficient (Wildman–Crippen LogP) is 1.94. The molecule has 0 spiro atoms. The number of alkyl halides is 3. The number of aliphatic carboxylic acids is 1. The second-order valence-corrected chi connectivity index (χ2v) is 4.83. The molecular formula is C15H12F3O4-. The normalized spacial score (nSPS) is 14.5. The van der Waals surface area contributed by atoms with Gasteiger partial charge < -0.3 is 19.4 Å². The van der Waals surface area contributed by atoms with E-state index in [0.29, 0.717) is 5.56 Å². The molecule has 2 rings (SSSR count). The molecule has 0 radical (unpaired) electrons. The highest BCUT2D eigenvalue weighted by molar-refractivity contribution is 5.69. The Morgan fingerprint density at radius 2 is 1.86 bits per heavy atom. The lowest BCUT2D eigenvalue weighted by Crippen LogP contribution is -2.36. The van der Waals surface area contributed by atoms with Gasteiger partial charge in [0.05, 0.1) is 24.2 Å². The number of aliphatic hydroxyl groups is 1. The number of carboxylic acids is 1. The molecule has 118 valence electrons. The van der Waals surface area contributed by atoms with E-state index < -0.39 is 29.7 Å². The van der Waals surface area contributed by atoms with Crippen molar-refractivity contribution in [2.24, 2.45) is 5.92 Å². The zero-order chi connectivity index (χ0) is 16.3. The summed E-state index contributed by atoms with van der Waals surface area (Å²) in [6.07, 6.45) is -3.50. The summed E-state index contributed by atoms with van der Waals surface area (Å²) in [6.45, 7) is 0. The van der Waals surface area contributed by atoms with Gasteiger partial charge in [-0.05, 0) is 30.2 Å². The van der Waals surface area contributed by atoms with E-state index in [0.717, 1.165) is 12.1 Å². The summed E-state index contributed by atoms with van der Waals surface area (Å²) in [4.78, 5) is 11.2. The van der Waals surface area contributed by atoms with Crippen LogP contribution in [0.4, 0.5) is 13.2 Å². The number of carbonyl (C=O) groups excluding carboxylic acids is 1. The van der Waals surface area contributed by atoms with E-state index >= 15 is 0 Å². The topological polar surface area (TPSA) is 73.5 Å². The van der Waals surface area contributed by atoms with Crippen molar-refractivity contribution in [3.8, 4) is 0 Å². The first-order chi connectivity index (χ1) is 10.3. The third kappa shape index (κ3) is 3.67. The summed E-state index contributed by atoms with van der Waals surface area (Å²) in [6, 6.07) is 5.51. The zero-order valence-corrected chi connectivity index (χ0v) is 11.2. The fourth-order valence-electron chi connectivity index (χ4n) is 2.08. The van der Waals surface area contributed by atoms with Gasteiger partial charge in [-0.1, -0.05) is 12.1 Å². The van der Waals surface area contributed by atoms with Gasteiger partial charge in [0.15, 0.2) is 0 Å². The van der Waals surface area contributed by atoms with Crippen LogP contribution in [0.2, 0.25) is 0 Å². The standard InChI is InChI=1S/C15H13F3O4/c16-15(17,18)11-3-1-9(2-4-11)7-12(14(20)21)13(19)10-5-6-22-8-10/h1-6,8,12-13,19H,7H2,(H,20,21)/p-1. The molecule has 2 atom stereocenters. The monoisotopic (exact) mass is 313 g/mol. The molecule has 1 aromatic carbocycles. The van der Waals surface area contributed by atoms with Crippen LogP contribution in [-0.2, 0) is 17.4 Å². The minimum absolute atomic E-state index is 0.160. The molecule has 0 bridgehead atoms. The fourth-order valence-corrected chi connectivity index (χ4v) is 2.08. The number of aliphatic hydroxyl groups excluding tert-OH is 1. The summed E-state index contributed by atoms with van der Waals surface area (Å²) in [5.41, 5.74) is -0.206. The van der Waals surface area contributed by atoms with Gasteiger partial charge in [-0.2, -0.15) is 13.2 Å². The lowest BCUT2D eigenvalue weighted by atomic mass is 9.90. The van der Waals surface area contributed by atoms with Crippen molar-refractivity contribution in [2.75, 3.05) is 0 Å². The van der Waals surface area contributed by atoms with Crippen molar-refractivity contribution >= 4 is 5.97 Å². The third-order valence-electron chi connectivity index (χ3n) is 3.31. The minimum Gasteiger partial charge on any atom is -0.550 e. The number of furan rings is 1. The maximum absolute atomic E-state index is 12.5. The van der Waals surface area contributed by atoms with Crippen LogP contribution < -0.4 is 5.11 Å². The highest BCUT2D eigenvalue weighted by Crippen LogP contribution is 2.30. The van der Waals surface area contributed by atoms with Crippen LogP contribution in [0.5, 0.6) is 0 Å². The van der Waals surface area contributed by atoms with Crippen molar-refractivity contribution in [3.63, 3.8) is 0 Å². The predicted molar refractivity (Wildman–Crippen MR) is 67.3 cm³/mol. The fraction of sp³-hybridized carbons (Fsp3) is 0.267. The minimum atomic E-state index is -4.46. The van der Waals surface area contributed by atoms with E-state index in [9.17, 15) is 28.2 Å². The molecule has 22 heavy (non-hydrogen) atoms. The second-order valence-electron chi connectivity index (χ2n) is 4.83. The molecule has 0 aliphatic carbocycles. The van der Waals surface area contributed by atoms with Gasteiger partial charge in [-0.15, -0.1) is 0 Å². The van der Waals surface area contributed by atoms with Crippen molar-refractivity contribution in [1.29, 1.82) is 0 Å².